The number of nitrogens with zero attached hydrogens (tertiary/aromatic N) is 3. The molecule has 3 aromatic heterocycles. The second-order valence-electron chi connectivity index (χ2n) is 10.7. The van der Waals surface area contributed by atoms with Crippen LogP contribution < -0.4 is 4.72 Å². The van der Waals surface area contributed by atoms with E-state index >= 15 is 0 Å². The number of aromatic amines is 1. The number of carbonyl (C=O) groups excluding carboxylic acids is 1. The van der Waals surface area contributed by atoms with E-state index in [1.807, 2.05) is 65.7 Å². The minimum Gasteiger partial charge on any atom is -0.339 e. The van der Waals surface area contributed by atoms with E-state index in [1.54, 1.807) is 23.6 Å². The van der Waals surface area contributed by atoms with Gasteiger partial charge in [-0.3, -0.25) is 9.52 Å². The third-order valence-electron chi connectivity index (χ3n) is 7.91. The van der Waals surface area contributed by atoms with Crippen molar-refractivity contribution in [3.8, 4) is 22.3 Å². The summed E-state index contributed by atoms with van der Waals surface area (Å²) in [4.78, 5) is 25.8. The van der Waals surface area contributed by atoms with Gasteiger partial charge in [0.2, 0.25) is 0 Å². The number of amides is 1. The molecule has 0 atom stereocenters. The number of carbonyl (C=O) groups is 1. The molecule has 1 aliphatic heterocycles. The maximum absolute atomic E-state index is 13.5. The third-order valence-corrected chi connectivity index (χ3v) is 10.7. The Labute approximate surface area is 253 Å². The number of thiophene rings is 1. The lowest BCUT2D eigenvalue weighted by atomic mass is 9.92. The monoisotopic (exact) mass is 607 g/mol. The van der Waals surface area contributed by atoms with Gasteiger partial charge in [-0.1, -0.05) is 48.5 Å². The second-order valence-corrected chi connectivity index (χ2v) is 13.6. The van der Waals surface area contributed by atoms with Crippen molar-refractivity contribution in [2.24, 2.45) is 0 Å². The van der Waals surface area contributed by atoms with Gasteiger partial charge < -0.3 is 14.8 Å². The first-order valence-corrected chi connectivity index (χ1v) is 16.4. The summed E-state index contributed by atoms with van der Waals surface area (Å²) in [5, 5.41) is 3.47. The van der Waals surface area contributed by atoms with Crippen molar-refractivity contribution in [2.45, 2.75) is 4.21 Å². The normalized spacial score (nSPS) is 14.4. The van der Waals surface area contributed by atoms with E-state index in [0.29, 0.717) is 30.0 Å². The number of hydrogen-bond acceptors (Lipinski definition) is 6. The fourth-order valence-electron chi connectivity index (χ4n) is 5.68. The van der Waals surface area contributed by atoms with E-state index in [0.717, 1.165) is 51.6 Å². The summed E-state index contributed by atoms with van der Waals surface area (Å²) in [5.74, 6) is 0.0278. The Hall–Kier alpha value is -4.51. The highest BCUT2D eigenvalue weighted by Gasteiger charge is 2.23. The summed E-state index contributed by atoms with van der Waals surface area (Å²) in [5.41, 5.74) is 6.37. The van der Waals surface area contributed by atoms with Crippen LogP contribution >= 0.6 is 11.3 Å². The first kappa shape index (κ1) is 27.3. The molecule has 0 saturated carbocycles. The molecule has 3 aromatic carbocycles. The van der Waals surface area contributed by atoms with Crippen molar-refractivity contribution in [2.75, 3.05) is 37.9 Å². The molecule has 0 unspecified atom stereocenters. The number of pyridine rings is 1. The van der Waals surface area contributed by atoms with Crippen LogP contribution in [0.1, 0.15) is 10.4 Å². The predicted octanol–water partition coefficient (Wildman–Crippen LogP) is 6.30. The molecule has 4 heterocycles. The van der Waals surface area contributed by atoms with Gasteiger partial charge >= 0.3 is 0 Å². The number of likely N-dealkylation sites (N-methyl/N-ethyl adjacent to an activating group) is 1. The number of nitrogens with one attached hydrogen (secondary N) is 2. The summed E-state index contributed by atoms with van der Waals surface area (Å²) in [7, 11) is -1.64. The molecular formula is C33H29N5O3S2. The number of hydrogen-bond donors (Lipinski definition) is 2. The quantitative estimate of drug-likeness (QED) is 0.232. The number of piperazine rings is 1. The Morgan fingerprint density at radius 1 is 0.907 bits per heavy atom. The standard InChI is InChI=1S/C33H29N5O3S2/c1-37-14-16-38(17-15-37)33(39)24-10-5-9-23(19-24)27-21-34-32-31(30(27)22-7-3-2-4-8-22)26-20-25(12-13-28(26)35-32)36-43(40,41)29-11-6-18-42-29/h2-13,18-21,36H,14-17H2,1H3,(H,34,35). The maximum Gasteiger partial charge on any atom is 0.271 e. The first-order valence-electron chi connectivity index (χ1n) is 14.0. The fourth-order valence-corrected chi connectivity index (χ4v) is 7.72. The number of H-pyrrole nitrogens is 1. The molecule has 1 saturated heterocycles. The Kier molecular flexibility index (Phi) is 6.97. The summed E-state index contributed by atoms with van der Waals surface area (Å²) in [6, 6.07) is 26.6. The highest BCUT2D eigenvalue weighted by Crippen LogP contribution is 2.41. The largest absolute Gasteiger partial charge is 0.339 e. The Bertz CT molecular complexity index is 2060. The van der Waals surface area contributed by atoms with Gasteiger partial charge in [-0.05, 0) is 60.0 Å². The van der Waals surface area contributed by atoms with E-state index in [4.69, 9.17) is 4.98 Å². The SMILES string of the molecule is CN1CCN(C(=O)c2cccc(-c3cnc4[nH]c5ccc(NS(=O)(=O)c6cccs6)cc5c4c3-c3ccccc3)c2)CC1. The van der Waals surface area contributed by atoms with Crippen LogP contribution in [-0.2, 0) is 10.0 Å². The highest BCUT2D eigenvalue weighted by molar-refractivity contribution is 7.94. The summed E-state index contributed by atoms with van der Waals surface area (Å²) in [6.45, 7) is 3.12. The van der Waals surface area contributed by atoms with Crippen molar-refractivity contribution in [3.63, 3.8) is 0 Å². The molecule has 1 fully saturated rings. The average molecular weight is 608 g/mol. The van der Waals surface area contributed by atoms with Crippen molar-refractivity contribution in [1.29, 1.82) is 0 Å². The molecule has 0 bridgehead atoms. The number of fused-ring (bicyclic) bond motifs is 3. The molecule has 43 heavy (non-hydrogen) atoms. The zero-order valence-corrected chi connectivity index (χ0v) is 25.1. The van der Waals surface area contributed by atoms with E-state index in [1.165, 1.54) is 11.3 Å². The van der Waals surface area contributed by atoms with Crippen LogP contribution in [0.15, 0.2) is 101 Å². The van der Waals surface area contributed by atoms with Crippen LogP contribution in [0.3, 0.4) is 0 Å². The summed E-state index contributed by atoms with van der Waals surface area (Å²) >= 11 is 1.17. The summed E-state index contributed by atoms with van der Waals surface area (Å²) in [6.07, 6.45) is 1.85. The van der Waals surface area contributed by atoms with Crippen LogP contribution in [0.5, 0.6) is 0 Å². The molecule has 1 aliphatic rings. The second kappa shape index (κ2) is 11.0. The van der Waals surface area contributed by atoms with Crippen molar-refractivity contribution in [3.05, 3.63) is 102 Å². The van der Waals surface area contributed by atoms with Gasteiger partial charge in [0.25, 0.3) is 15.9 Å². The molecule has 6 aromatic rings. The maximum atomic E-state index is 13.5. The van der Waals surface area contributed by atoms with Crippen molar-refractivity contribution < 1.29 is 13.2 Å². The van der Waals surface area contributed by atoms with Gasteiger partial charge in [0.15, 0.2) is 0 Å². The van der Waals surface area contributed by atoms with Gasteiger partial charge in [-0.2, -0.15) is 0 Å². The van der Waals surface area contributed by atoms with Crippen LogP contribution in [-0.4, -0.2) is 67.3 Å². The lowest BCUT2D eigenvalue weighted by molar-refractivity contribution is 0.0664. The van der Waals surface area contributed by atoms with E-state index in [2.05, 4.69) is 33.8 Å². The first-order chi connectivity index (χ1) is 20.9. The lowest BCUT2D eigenvalue weighted by Crippen LogP contribution is -2.47. The molecule has 7 rings (SSSR count). The number of aromatic nitrogens is 2. The fraction of sp³-hybridized carbons (Fsp3) is 0.152. The lowest BCUT2D eigenvalue weighted by Gasteiger charge is -2.32. The minimum atomic E-state index is -3.71. The Morgan fingerprint density at radius 3 is 2.47 bits per heavy atom. The zero-order chi connectivity index (χ0) is 29.6. The molecular weight excluding hydrogens is 579 g/mol. The molecule has 0 radical (unpaired) electrons. The van der Waals surface area contributed by atoms with Gasteiger partial charge in [-0.25, -0.2) is 13.4 Å². The molecule has 1 amide bonds. The zero-order valence-electron chi connectivity index (χ0n) is 23.4. The van der Waals surface area contributed by atoms with Gasteiger partial charge in [0.05, 0.1) is 0 Å². The minimum absolute atomic E-state index is 0.0278. The molecule has 10 heteroatoms. The van der Waals surface area contributed by atoms with E-state index in [9.17, 15) is 13.2 Å². The molecule has 2 N–H and O–H groups in total. The van der Waals surface area contributed by atoms with Gasteiger partial charge in [0.1, 0.15) is 9.86 Å². The third kappa shape index (κ3) is 5.18. The number of benzene rings is 3. The number of anilines is 1. The van der Waals surface area contributed by atoms with Crippen molar-refractivity contribution in [1.82, 2.24) is 19.8 Å². The topological polar surface area (TPSA) is 98.4 Å². The molecule has 0 spiro atoms. The van der Waals surface area contributed by atoms with Crippen molar-refractivity contribution >= 4 is 54.9 Å². The number of sulfonamides is 1. The molecule has 216 valence electrons. The van der Waals surface area contributed by atoms with E-state index in [-0.39, 0.29) is 10.1 Å². The highest BCUT2D eigenvalue weighted by atomic mass is 32.2. The Morgan fingerprint density at radius 2 is 1.70 bits per heavy atom. The summed E-state index contributed by atoms with van der Waals surface area (Å²) < 4.78 is 29.0. The smallest absolute Gasteiger partial charge is 0.271 e. The average Bonchev–Trinajstić information content (AvgIpc) is 3.70. The van der Waals surface area contributed by atoms with Crippen LogP contribution in [0, 0.1) is 0 Å². The van der Waals surface area contributed by atoms with Crippen LogP contribution in [0.25, 0.3) is 44.2 Å². The Balaban J connectivity index is 1.37. The predicted molar refractivity (Wildman–Crippen MR) is 173 cm³/mol. The van der Waals surface area contributed by atoms with Crippen LogP contribution in [0.4, 0.5) is 5.69 Å². The molecule has 8 nitrogen and oxygen atoms in total. The van der Waals surface area contributed by atoms with E-state index < -0.39 is 10.0 Å². The van der Waals surface area contributed by atoms with Gasteiger partial charge in [-0.15, -0.1) is 11.3 Å². The van der Waals surface area contributed by atoms with Crippen LogP contribution in [0.2, 0.25) is 0 Å². The molecule has 0 aliphatic carbocycles. The number of rotatable bonds is 6. The van der Waals surface area contributed by atoms with Gasteiger partial charge in [0, 0.05) is 71.0 Å².